The van der Waals surface area contributed by atoms with Crippen LogP contribution in [0.1, 0.15) is 58.6 Å². The lowest BCUT2D eigenvalue weighted by Gasteiger charge is -2.33. The zero-order chi connectivity index (χ0) is 28.6. The van der Waals surface area contributed by atoms with E-state index in [1.54, 1.807) is 32.6 Å². The van der Waals surface area contributed by atoms with E-state index < -0.39 is 48.0 Å². The van der Waals surface area contributed by atoms with Crippen LogP contribution in [0.15, 0.2) is 60.7 Å². The first kappa shape index (κ1) is 30.0. The van der Waals surface area contributed by atoms with Gasteiger partial charge in [0.05, 0.1) is 12.6 Å². The molecule has 0 saturated carbocycles. The minimum atomic E-state index is -1.44. The van der Waals surface area contributed by atoms with Gasteiger partial charge in [0, 0.05) is 6.54 Å². The Balaban J connectivity index is 1.94. The van der Waals surface area contributed by atoms with Crippen LogP contribution in [-0.2, 0) is 27.2 Å². The number of carbonyl (C=O) groups excluding carboxylic acids is 3. The molecule has 3 amide bonds. The number of carbonyl (C=O) groups is 3. The number of benzene rings is 2. The van der Waals surface area contributed by atoms with E-state index in [0.29, 0.717) is 6.42 Å². The van der Waals surface area contributed by atoms with Crippen molar-refractivity contribution in [3.63, 3.8) is 0 Å². The number of hydrogen-bond acceptors (Lipinski definition) is 6. The summed E-state index contributed by atoms with van der Waals surface area (Å²) < 4.78 is 10.9. The molecule has 0 bridgehead atoms. The second-order valence-electron chi connectivity index (χ2n) is 10.8. The first-order valence-electron chi connectivity index (χ1n) is 13.5. The van der Waals surface area contributed by atoms with Crippen LogP contribution < -0.4 is 5.32 Å². The van der Waals surface area contributed by atoms with Gasteiger partial charge in [-0.05, 0) is 51.7 Å². The maximum absolute atomic E-state index is 13.9. The van der Waals surface area contributed by atoms with Crippen molar-refractivity contribution < 1.29 is 29.0 Å². The molecular weight excluding hydrogens is 498 g/mol. The van der Waals surface area contributed by atoms with Crippen molar-refractivity contribution in [1.82, 2.24) is 15.1 Å². The molecule has 0 spiro atoms. The van der Waals surface area contributed by atoms with Gasteiger partial charge >= 0.3 is 12.2 Å². The molecule has 212 valence electrons. The molecule has 39 heavy (non-hydrogen) atoms. The van der Waals surface area contributed by atoms with E-state index in [2.05, 4.69) is 5.32 Å². The van der Waals surface area contributed by atoms with Crippen LogP contribution in [0.4, 0.5) is 9.59 Å². The highest BCUT2D eigenvalue weighted by Crippen LogP contribution is 2.29. The lowest BCUT2D eigenvalue weighted by atomic mass is 9.95. The molecular formula is C30H41N3O6. The van der Waals surface area contributed by atoms with Gasteiger partial charge in [-0.25, -0.2) is 9.59 Å². The number of rotatable bonds is 10. The number of ether oxygens (including phenoxy) is 2. The molecule has 2 aromatic rings. The van der Waals surface area contributed by atoms with Crippen molar-refractivity contribution in [3.8, 4) is 0 Å². The average Bonchev–Trinajstić information content (AvgIpc) is 3.13. The standard InChI is InChI=1S/C30H41N3O6/c1-6-7-18-38-29(37)33-21(2)32(20-23-16-12-9-13-17-23)27(35)25(33)26(34)24(19-22-14-10-8-11-15-22)31-28(36)39-30(3,4)5/h8-17,21,24-26,34H,6-7,18-20H2,1-5H3,(H,31,36). The maximum Gasteiger partial charge on any atom is 0.412 e. The van der Waals surface area contributed by atoms with Crippen molar-refractivity contribution in [2.45, 2.75) is 90.4 Å². The Kier molecular flexibility index (Phi) is 10.3. The van der Waals surface area contributed by atoms with Gasteiger partial charge in [0.1, 0.15) is 23.9 Å². The second kappa shape index (κ2) is 13.5. The zero-order valence-corrected chi connectivity index (χ0v) is 23.5. The summed E-state index contributed by atoms with van der Waals surface area (Å²) in [6.45, 7) is 9.42. The Morgan fingerprint density at radius 2 is 1.62 bits per heavy atom. The number of nitrogens with one attached hydrogen (secondary N) is 1. The summed E-state index contributed by atoms with van der Waals surface area (Å²) in [6, 6.07) is 16.6. The number of aliphatic hydroxyl groups excluding tert-OH is 1. The normalized spacial score (nSPS) is 19.0. The molecule has 1 fully saturated rings. The summed E-state index contributed by atoms with van der Waals surface area (Å²) in [5.74, 6) is -0.421. The van der Waals surface area contributed by atoms with E-state index in [9.17, 15) is 19.5 Å². The Labute approximate surface area is 231 Å². The van der Waals surface area contributed by atoms with Crippen molar-refractivity contribution in [2.24, 2.45) is 0 Å². The first-order chi connectivity index (χ1) is 18.5. The number of alkyl carbamates (subject to hydrolysis) is 1. The van der Waals surface area contributed by atoms with Gasteiger partial charge in [-0.2, -0.15) is 0 Å². The largest absolute Gasteiger partial charge is 0.449 e. The molecule has 1 saturated heterocycles. The van der Waals surface area contributed by atoms with Gasteiger partial charge < -0.3 is 24.8 Å². The Morgan fingerprint density at radius 1 is 1.03 bits per heavy atom. The molecule has 1 heterocycles. The second-order valence-corrected chi connectivity index (χ2v) is 10.8. The molecule has 0 radical (unpaired) electrons. The van der Waals surface area contributed by atoms with Crippen LogP contribution in [0.2, 0.25) is 0 Å². The number of nitrogens with zero attached hydrogens (tertiary/aromatic N) is 2. The van der Waals surface area contributed by atoms with Crippen LogP contribution in [0, 0.1) is 0 Å². The molecule has 3 rings (SSSR count). The fraction of sp³-hybridized carbons (Fsp3) is 0.500. The number of hydrogen-bond donors (Lipinski definition) is 2. The molecule has 4 atom stereocenters. The molecule has 2 aromatic carbocycles. The van der Waals surface area contributed by atoms with Crippen LogP contribution in [0.5, 0.6) is 0 Å². The predicted molar refractivity (Wildman–Crippen MR) is 148 cm³/mol. The van der Waals surface area contributed by atoms with Gasteiger partial charge in [0.25, 0.3) is 0 Å². The topological polar surface area (TPSA) is 108 Å². The van der Waals surface area contributed by atoms with Crippen molar-refractivity contribution in [1.29, 1.82) is 0 Å². The Bertz CT molecular complexity index is 1090. The zero-order valence-electron chi connectivity index (χ0n) is 23.5. The summed E-state index contributed by atoms with van der Waals surface area (Å²) >= 11 is 0. The summed E-state index contributed by atoms with van der Waals surface area (Å²) in [5, 5.41) is 14.5. The minimum Gasteiger partial charge on any atom is -0.449 e. The summed E-state index contributed by atoms with van der Waals surface area (Å²) in [6.07, 6.45) is -1.78. The van der Waals surface area contributed by atoms with Crippen molar-refractivity contribution in [2.75, 3.05) is 6.61 Å². The van der Waals surface area contributed by atoms with Crippen LogP contribution in [0.25, 0.3) is 0 Å². The highest BCUT2D eigenvalue weighted by molar-refractivity contribution is 5.90. The summed E-state index contributed by atoms with van der Waals surface area (Å²) in [5.41, 5.74) is 0.972. The third-order valence-corrected chi connectivity index (χ3v) is 6.56. The number of aliphatic hydroxyl groups is 1. The molecule has 0 aromatic heterocycles. The van der Waals surface area contributed by atoms with Gasteiger partial charge in [0.2, 0.25) is 5.91 Å². The third-order valence-electron chi connectivity index (χ3n) is 6.56. The smallest absolute Gasteiger partial charge is 0.412 e. The molecule has 1 aliphatic rings. The molecule has 1 aliphatic heterocycles. The van der Waals surface area contributed by atoms with Crippen LogP contribution in [0.3, 0.4) is 0 Å². The monoisotopic (exact) mass is 539 g/mol. The van der Waals surface area contributed by atoms with E-state index >= 15 is 0 Å². The van der Waals surface area contributed by atoms with Gasteiger partial charge in [-0.1, -0.05) is 74.0 Å². The average molecular weight is 540 g/mol. The Morgan fingerprint density at radius 3 is 2.18 bits per heavy atom. The van der Waals surface area contributed by atoms with E-state index in [1.807, 2.05) is 67.6 Å². The number of amides is 3. The third kappa shape index (κ3) is 8.20. The van der Waals surface area contributed by atoms with E-state index in [0.717, 1.165) is 17.5 Å². The summed E-state index contributed by atoms with van der Waals surface area (Å²) in [7, 11) is 0. The molecule has 9 nitrogen and oxygen atoms in total. The van der Waals surface area contributed by atoms with E-state index in [4.69, 9.17) is 9.47 Å². The van der Waals surface area contributed by atoms with Crippen molar-refractivity contribution in [3.05, 3.63) is 71.8 Å². The van der Waals surface area contributed by atoms with Gasteiger partial charge in [-0.3, -0.25) is 9.69 Å². The first-order valence-corrected chi connectivity index (χ1v) is 13.5. The lowest BCUT2D eigenvalue weighted by Crippen LogP contribution is -2.57. The lowest BCUT2D eigenvalue weighted by molar-refractivity contribution is -0.133. The summed E-state index contributed by atoms with van der Waals surface area (Å²) in [4.78, 5) is 42.8. The SMILES string of the molecule is CCCCOC(=O)N1C(C(O)C(Cc2ccccc2)NC(=O)OC(C)(C)C)C(=O)N(Cc2ccccc2)C1C. The highest BCUT2D eigenvalue weighted by Gasteiger charge is 2.52. The molecule has 4 unspecified atom stereocenters. The predicted octanol–water partition coefficient (Wildman–Crippen LogP) is 4.48. The number of unbranched alkanes of at least 4 members (excludes halogenated alkanes) is 1. The fourth-order valence-corrected chi connectivity index (χ4v) is 4.61. The minimum absolute atomic E-state index is 0.206. The van der Waals surface area contributed by atoms with Crippen LogP contribution >= 0.6 is 0 Å². The van der Waals surface area contributed by atoms with Crippen molar-refractivity contribution >= 4 is 18.1 Å². The molecule has 0 aliphatic carbocycles. The van der Waals surface area contributed by atoms with E-state index in [1.165, 1.54) is 4.90 Å². The molecule has 2 N–H and O–H groups in total. The molecule has 9 heteroatoms. The fourth-order valence-electron chi connectivity index (χ4n) is 4.61. The van der Waals surface area contributed by atoms with E-state index in [-0.39, 0.29) is 19.6 Å². The van der Waals surface area contributed by atoms with Crippen LogP contribution in [-0.4, -0.2) is 69.6 Å². The maximum atomic E-state index is 13.9. The quantitative estimate of drug-likeness (QED) is 0.431. The Hall–Kier alpha value is -3.59. The van der Waals surface area contributed by atoms with Gasteiger partial charge in [0.15, 0.2) is 0 Å². The van der Waals surface area contributed by atoms with Gasteiger partial charge in [-0.15, -0.1) is 0 Å². The highest BCUT2D eigenvalue weighted by atomic mass is 16.6.